The summed E-state index contributed by atoms with van der Waals surface area (Å²) in [5, 5.41) is 8.00. The van der Waals surface area contributed by atoms with Gasteiger partial charge in [-0.2, -0.15) is 5.10 Å². The zero-order valence-corrected chi connectivity index (χ0v) is 10.2. The first-order valence-electron chi connectivity index (χ1n) is 4.87. The summed E-state index contributed by atoms with van der Waals surface area (Å²) in [6.45, 7) is 2.00. The van der Waals surface area contributed by atoms with E-state index in [0.29, 0.717) is 5.95 Å². The Bertz CT molecular complexity index is 494. The molecular weight excluding hydrogens is 222 g/mol. The third-order valence-corrected chi connectivity index (χ3v) is 3.10. The van der Waals surface area contributed by atoms with E-state index in [1.165, 1.54) is 0 Å². The van der Waals surface area contributed by atoms with Crippen molar-refractivity contribution in [3.63, 3.8) is 0 Å². The van der Waals surface area contributed by atoms with Crippen LogP contribution >= 0.6 is 11.8 Å². The zero-order valence-electron chi connectivity index (χ0n) is 9.43. The largest absolute Gasteiger partial charge is 0.357 e. The van der Waals surface area contributed by atoms with Gasteiger partial charge in [-0.15, -0.1) is 0 Å². The van der Waals surface area contributed by atoms with Crippen LogP contribution in [0.5, 0.6) is 0 Å². The third-order valence-electron chi connectivity index (χ3n) is 2.04. The molecule has 0 aliphatic rings. The van der Waals surface area contributed by atoms with Crippen LogP contribution in [-0.4, -0.2) is 26.8 Å². The summed E-state index contributed by atoms with van der Waals surface area (Å²) in [5.74, 6) is 0.636. The Kier molecular flexibility index (Phi) is 3.09. The third kappa shape index (κ3) is 2.33. The summed E-state index contributed by atoms with van der Waals surface area (Å²) >= 11 is 1.59. The minimum atomic E-state index is 0.636. The van der Waals surface area contributed by atoms with Gasteiger partial charge in [-0.05, 0) is 6.92 Å². The van der Waals surface area contributed by atoms with E-state index < -0.39 is 0 Å². The molecule has 2 aromatic heterocycles. The molecule has 0 radical (unpaired) electrons. The van der Waals surface area contributed by atoms with Crippen LogP contribution in [-0.2, 0) is 7.05 Å². The quantitative estimate of drug-likeness (QED) is 0.821. The topological polar surface area (TPSA) is 55.6 Å². The number of rotatable bonds is 3. The van der Waals surface area contributed by atoms with Crippen molar-refractivity contribution in [1.82, 2.24) is 19.7 Å². The molecule has 0 saturated heterocycles. The van der Waals surface area contributed by atoms with Crippen LogP contribution in [0, 0.1) is 6.92 Å². The molecule has 0 aliphatic carbocycles. The Hall–Kier alpha value is -1.56. The number of nitrogens with zero attached hydrogens (tertiary/aromatic N) is 4. The molecule has 0 bridgehead atoms. The molecule has 2 rings (SSSR count). The molecule has 2 heterocycles. The highest BCUT2D eigenvalue weighted by atomic mass is 32.2. The Labute approximate surface area is 98.3 Å². The van der Waals surface area contributed by atoms with Crippen LogP contribution in [0.15, 0.2) is 28.5 Å². The Morgan fingerprint density at radius 1 is 1.38 bits per heavy atom. The van der Waals surface area contributed by atoms with Gasteiger partial charge in [0.25, 0.3) is 0 Å². The van der Waals surface area contributed by atoms with Crippen molar-refractivity contribution in [2.75, 3.05) is 12.4 Å². The van der Waals surface area contributed by atoms with E-state index in [9.17, 15) is 0 Å². The van der Waals surface area contributed by atoms with Crippen molar-refractivity contribution in [2.24, 2.45) is 7.05 Å². The highest BCUT2D eigenvalue weighted by Gasteiger charge is 2.06. The van der Waals surface area contributed by atoms with Crippen LogP contribution in [0.3, 0.4) is 0 Å². The lowest BCUT2D eigenvalue weighted by Gasteiger charge is -2.04. The second-order valence-corrected chi connectivity index (χ2v) is 4.45. The molecule has 0 saturated carbocycles. The molecule has 0 unspecified atom stereocenters. The van der Waals surface area contributed by atoms with Crippen LogP contribution in [0.2, 0.25) is 0 Å². The lowest BCUT2D eigenvalue weighted by Crippen LogP contribution is -1.98. The van der Waals surface area contributed by atoms with Gasteiger partial charge in [0.15, 0.2) is 0 Å². The first-order valence-corrected chi connectivity index (χ1v) is 5.68. The predicted molar refractivity (Wildman–Crippen MR) is 63.6 cm³/mol. The average molecular weight is 235 g/mol. The number of hydrogen-bond acceptors (Lipinski definition) is 5. The van der Waals surface area contributed by atoms with Gasteiger partial charge in [-0.25, -0.2) is 9.97 Å². The molecule has 5 nitrogen and oxygen atoms in total. The SMILES string of the molecule is CNc1ncc(C)c(Sc2cnn(C)c2)n1. The first-order chi connectivity index (χ1) is 7.69. The molecule has 0 atom stereocenters. The zero-order chi connectivity index (χ0) is 11.5. The second-order valence-electron chi connectivity index (χ2n) is 3.38. The molecule has 6 heteroatoms. The van der Waals surface area contributed by atoms with Gasteiger partial charge < -0.3 is 5.32 Å². The van der Waals surface area contributed by atoms with Gasteiger partial charge in [0, 0.05) is 32.1 Å². The van der Waals surface area contributed by atoms with Crippen molar-refractivity contribution in [1.29, 1.82) is 0 Å². The summed E-state index contributed by atoms with van der Waals surface area (Å²) in [6, 6.07) is 0. The number of nitrogens with one attached hydrogen (secondary N) is 1. The van der Waals surface area contributed by atoms with Crippen molar-refractivity contribution >= 4 is 17.7 Å². The van der Waals surface area contributed by atoms with Gasteiger partial charge in [-0.3, -0.25) is 4.68 Å². The molecule has 84 valence electrons. The molecule has 1 N–H and O–H groups in total. The maximum absolute atomic E-state index is 4.40. The van der Waals surface area contributed by atoms with E-state index in [-0.39, 0.29) is 0 Å². The molecule has 0 aliphatic heterocycles. The van der Waals surface area contributed by atoms with E-state index in [2.05, 4.69) is 20.4 Å². The highest BCUT2D eigenvalue weighted by molar-refractivity contribution is 7.99. The molecule has 0 amide bonds. The van der Waals surface area contributed by atoms with Gasteiger partial charge >= 0.3 is 0 Å². The minimum absolute atomic E-state index is 0.636. The molecular formula is C10H13N5S. The summed E-state index contributed by atoms with van der Waals surface area (Å²) in [4.78, 5) is 9.62. The van der Waals surface area contributed by atoms with Crippen molar-refractivity contribution in [2.45, 2.75) is 16.8 Å². The Balaban J connectivity index is 2.26. The molecule has 0 fully saturated rings. The number of aryl methyl sites for hydroxylation is 2. The first kappa shape index (κ1) is 10.9. The van der Waals surface area contributed by atoms with Crippen molar-refractivity contribution in [3.8, 4) is 0 Å². The van der Waals surface area contributed by atoms with Gasteiger partial charge in [0.1, 0.15) is 5.03 Å². The Morgan fingerprint density at radius 2 is 2.19 bits per heavy atom. The van der Waals surface area contributed by atoms with Crippen molar-refractivity contribution in [3.05, 3.63) is 24.2 Å². The maximum Gasteiger partial charge on any atom is 0.223 e. The normalized spacial score (nSPS) is 10.4. The second kappa shape index (κ2) is 4.52. The predicted octanol–water partition coefficient (Wildman–Crippen LogP) is 1.71. The van der Waals surface area contributed by atoms with Crippen LogP contribution < -0.4 is 5.32 Å². The summed E-state index contributed by atoms with van der Waals surface area (Å²) in [6.07, 6.45) is 5.61. The standard InChI is InChI=1S/C10H13N5S/c1-7-4-12-10(11-2)14-9(7)16-8-5-13-15(3)6-8/h4-6H,1-3H3,(H,11,12,14). The monoisotopic (exact) mass is 235 g/mol. The average Bonchev–Trinajstić information content (AvgIpc) is 2.67. The fourth-order valence-electron chi connectivity index (χ4n) is 1.21. The fourth-order valence-corrected chi connectivity index (χ4v) is 2.09. The van der Waals surface area contributed by atoms with E-state index >= 15 is 0 Å². The van der Waals surface area contributed by atoms with Gasteiger partial charge in [0.2, 0.25) is 5.95 Å². The van der Waals surface area contributed by atoms with E-state index in [0.717, 1.165) is 15.5 Å². The van der Waals surface area contributed by atoms with Crippen molar-refractivity contribution < 1.29 is 0 Å². The number of hydrogen-bond donors (Lipinski definition) is 1. The number of anilines is 1. The maximum atomic E-state index is 4.40. The number of aromatic nitrogens is 4. The molecule has 0 aromatic carbocycles. The Morgan fingerprint density at radius 3 is 2.81 bits per heavy atom. The van der Waals surface area contributed by atoms with Crippen LogP contribution in [0.4, 0.5) is 5.95 Å². The molecule has 2 aromatic rings. The lowest BCUT2D eigenvalue weighted by atomic mass is 10.4. The summed E-state index contributed by atoms with van der Waals surface area (Å²) in [7, 11) is 3.71. The summed E-state index contributed by atoms with van der Waals surface area (Å²) < 4.78 is 1.78. The molecule has 16 heavy (non-hydrogen) atoms. The smallest absolute Gasteiger partial charge is 0.223 e. The van der Waals surface area contributed by atoms with Gasteiger partial charge in [0.05, 0.1) is 11.1 Å². The van der Waals surface area contributed by atoms with Gasteiger partial charge in [-0.1, -0.05) is 11.8 Å². The fraction of sp³-hybridized carbons (Fsp3) is 0.300. The highest BCUT2D eigenvalue weighted by Crippen LogP contribution is 2.28. The summed E-state index contributed by atoms with van der Waals surface area (Å²) in [5.41, 5.74) is 1.06. The van der Waals surface area contributed by atoms with E-state index in [4.69, 9.17) is 0 Å². The van der Waals surface area contributed by atoms with E-state index in [1.807, 2.05) is 39.6 Å². The lowest BCUT2D eigenvalue weighted by molar-refractivity contribution is 0.766. The van der Waals surface area contributed by atoms with E-state index in [1.54, 1.807) is 16.4 Å². The van der Waals surface area contributed by atoms with Crippen LogP contribution in [0.25, 0.3) is 0 Å². The molecule has 0 spiro atoms. The minimum Gasteiger partial charge on any atom is -0.357 e. The van der Waals surface area contributed by atoms with Crippen LogP contribution in [0.1, 0.15) is 5.56 Å².